The molecule has 0 bridgehead atoms. The lowest BCUT2D eigenvalue weighted by molar-refractivity contribution is -0.0456. The van der Waals surface area contributed by atoms with Crippen LogP contribution in [0.3, 0.4) is 0 Å². The largest absolute Gasteiger partial charge is 0.394 e. The van der Waals surface area contributed by atoms with Crippen molar-refractivity contribution in [1.29, 1.82) is 0 Å². The minimum atomic E-state index is -0.894. The summed E-state index contributed by atoms with van der Waals surface area (Å²) in [5.74, 6) is 0.120. The number of nitrogen functional groups attached to an aromatic ring is 1. The summed E-state index contributed by atoms with van der Waals surface area (Å²) < 4.78 is 6.59. The first-order chi connectivity index (χ1) is 8.04. The van der Waals surface area contributed by atoms with E-state index in [1.165, 1.54) is 16.8 Å². The van der Waals surface area contributed by atoms with Gasteiger partial charge in [-0.2, -0.15) is 4.98 Å². The van der Waals surface area contributed by atoms with Crippen LogP contribution >= 0.6 is 15.9 Å². The summed E-state index contributed by atoms with van der Waals surface area (Å²) in [7, 11) is 0. The molecule has 8 heteroatoms. The lowest BCUT2D eigenvalue weighted by Gasteiger charge is -2.16. The third-order valence-corrected chi connectivity index (χ3v) is 3.59. The molecule has 2 rings (SSSR count). The zero-order valence-corrected chi connectivity index (χ0v) is 10.3. The fraction of sp³-hybridized carbons (Fsp3) is 0.556. The Bertz CT molecular complexity index is 466. The van der Waals surface area contributed by atoms with Crippen molar-refractivity contribution in [3.05, 3.63) is 22.7 Å². The quantitative estimate of drug-likeness (QED) is 0.594. The molecule has 0 radical (unpaired) electrons. The topological polar surface area (TPSA) is 111 Å². The second kappa shape index (κ2) is 4.73. The van der Waals surface area contributed by atoms with Crippen LogP contribution in [-0.2, 0) is 4.74 Å². The number of alkyl halides is 1. The van der Waals surface area contributed by atoms with E-state index in [0.717, 1.165) is 0 Å². The molecule has 2 heterocycles. The van der Waals surface area contributed by atoms with Crippen LogP contribution in [-0.4, -0.2) is 43.4 Å². The molecule has 7 nitrogen and oxygen atoms in total. The van der Waals surface area contributed by atoms with E-state index in [2.05, 4.69) is 20.9 Å². The van der Waals surface area contributed by atoms with Crippen molar-refractivity contribution < 1.29 is 14.9 Å². The number of aliphatic hydroxyl groups excluding tert-OH is 2. The van der Waals surface area contributed by atoms with Gasteiger partial charge in [-0.25, -0.2) is 4.79 Å². The molecule has 1 aromatic rings. The van der Waals surface area contributed by atoms with Crippen molar-refractivity contribution in [1.82, 2.24) is 9.55 Å². The van der Waals surface area contributed by atoms with Gasteiger partial charge in [0.05, 0.1) is 17.5 Å². The van der Waals surface area contributed by atoms with Gasteiger partial charge < -0.3 is 20.7 Å². The first-order valence-electron chi connectivity index (χ1n) is 4.97. The highest BCUT2D eigenvalue weighted by Gasteiger charge is 2.43. The van der Waals surface area contributed by atoms with E-state index in [1.54, 1.807) is 0 Å². The number of anilines is 1. The van der Waals surface area contributed by atoms with E-state index < -0.39 is 29.0 Å². The Hall–Kier alpha value is -0.960. The lowest BCUT2D eigenvalue weighted by atomic mass is 10.2. The molecule has 1 aliphatic heterocycles. The second-order valence-corrected chi connectivity index (χ2v) is 4.78. The van der Waals surface area contributed by atoms with Gasteiger partial charge in [-0.1, -0.05) is 15.9 Å². The molecule has 0 aromatic carbocycles. The zero-order valence-electron chi connectivity index (χ0n) is 8.73. The van der Waals surface area contributed by atoms with Gasteiger partial charge in [-0.3, -0.25) is 4.57 Å². The highest BCUT2D eigenvalue weighted by atomic mass is 79.9. The number of nitrogens with zero attached hydrogens (tertiary/aromatic N) is 2. The Morgan fingerprint density at radius 3 is 2.88 bits per heavy atom. The first-order valence-corrected chi connectivity index (χ1v) is 5.89. The lowest BCUT2D eigenvalue weighted by Crippen LogP contribution is -2.32. The predicted molar refractivity (Wildman–Crippen MR) is 62.6 cm³/mol. The molecule has 94 valence electrons. The molecule has 1 fully saturated rings. The monoisotopic (exact) mass is 305 g/mol. The van der Waals surface area contributed by atoms with Gasteiger partial charge in [0, 0.05) is 6.20 Å². The fourth-order valence-electron chi connectivity index (χ4n) is 1.70. The summed E-state index contributed by atoms with van der Waals surface area (Å²) in [5.41, 5.74) is 4.81. The molecule has 1 aliphatic rings. The normalized spacial score (nSPS) is 32.9. The average molecular weight is 306 g/mol. The Morgan fingerprint density at radius 1 is 1.65 bits per heavy atom. The maximum atomic E-state index is 11.6. The number of hydrogen-bond acceptors (Lipinski definition) is 6. The van der Waals surface area contributed by atoms with Crippen LogP contribution in [0, 0.1) is 0 Å². The van der Waals surface area contributed by atoms with Gasteiger partial charge >= 0.3 is 5.69 Å². The molecule has 4 atom stereocenters. The average Bonchev–Trinajstić information content (AvgIpc) is 2.57. The minimum absolute atomic E-state index is 0.120. The number of nitrogens with two attached hydrogens (primary N) is 1. The maximum absolute atomic E-state index is 11.6. The van der Waals surface area contributed by atoms with E-state index in [0.29, 0.717) is 0 Å². The van der Waals surface area contributed by atoms with Gasteiger partial charge in [0.25, 0.3) is 0 Å². The van der Waals surface area contributed by atoms with Gasteiger partial charge in [-0.15, -0.1) is 0 Å². The predicted octanol–water partition coefficient (Wildman–Crippen LogP) is -1.16. The van der Waals surface area contributed by atoms with E-state index in [1.807, 2.05) is 0 Å². The molecular weight excluding hydrogens is 294 g/mol. The third kappa shape index (κ3) is 2.21. The van der Waals surface area contributed by atoms with Gasteiger partial charge in [0.2, 0.25) is 0 Å². The van der Waals surface area contributed by atoms with Crippen molar-refractivity contribution in [2.24, 2.45) is 0 Å². The number of aromatic nitrogens is 2. The fourth-order valence-corrected chi connectivity index (χ4v) is 2.42. The Labute approximate surface area is 105 Å². The Balaban J connectivity index is 2.32. The summed E-state index contributed by atoms with van der Waals surface area (Å²) in [4.78, 5) is 14.7. The number of halogens is 1. The summed E-state index contributed by atoms with van der Waals surface area (Å²) in [6.45, 7) is -0.323. The van der Waals surface area contributed by atoms with Crippen molar-refractivity contribution in [2.75, 3.05) is 12.3 Å². The van der Waals surface area contributed by atoms with E-state index in [9.17, 15) is 9.90 Å². The SMILES string of the molecule is Nc1ccn([C@@H]2O[C@H](CO)[C@H](O)C2Br)c(=O)n1. The molecular formula is C9H12BrN3O4. The van der Waals surface area contributed by atoms with Crippen LogP contribution in [0.4, 0.5) is 5.82 Å². The van der Waals surface area contributed by atoms with Crippen molar-refractivity contribution in [2.45, 2.75) is 23.3 Å². The van der Waals surface area contributed by atoms with Gasteiger partial charge in [-0.05, 0) is 6.07 Å². The van der Waals surface area contributed by atoms with Crippen molar-refractivity contribution in [3.63, 3.8) is 0 Å². The maximum Gasteiger partial charge on any atom is 0.351 e. The first kappa shape index (κ1) is 12.5. The van der Waals surface area contributed by atoms with Crippen LogP contribution in [0.15, 0.2) is 17.1 Å². The molecule has 0 aliphatic carbocycles. The van der Waals surface area contributed by atoms with Crippen LogP contribution in [0.5, 0.6) is 0 Å². The molecule has 0 amide bonds. The number of aliphatic hydroxyl groups is 2. The van der Waals surface area contributed by atoms with E-state index in [-0.39, 0.29) is 12.4 Å². The number of hydrogen-bond donors (Lipinski definition) is 3. The summed E-state index contributed by atoms with van der Waals surface area (Å²) in [6, 6.07) is 1.46. The molecule has 0 saturated carbocycles. The third-order valence-electron chi connectivity index (χ3n) is 2.60. The van der Waals surface area contributed by atoms with E-state index in [4.69, 9.17) is 15.6 Å². The van der Waals surface area contributed by atoms with Gasteiger partial charge in [0.15, 0.2) is 6.23 Å². The molecule has 1 unspecified atom stereocenters. The highest BCUT2D eigenvalue weighted by molar-refractivity contribution is 9.09. The minimum Gasteiger partial charge on any atom is -0.394 e. The Morgan fingerprint density at radius 2 is 2.35 bits per heavy atom. The molecule has 1 saturated heterocycles. The number of rotatable bonds is 2. The van der Waals surface area contributed by atoms with E-state index >= 15 is 0 Å². The molecule has 1 aromatic heterocycles. The summed E-state index contributed by atoms with van der Waals surface area (Å²) >= 11 is 3.24. The van der Waals surface area contributed by atoms with Crippen LogP contribution in [0.2, 0.25) is 0 Å². The highest BCUT2D eigenvalue weighted by Crippen LogP contribution is 2.33. The van der Waals surface area contributed by atoms with Crippen LogP contribution in [0.1, 0.15) is 6.23 Å². The summed E-state index contributed by atoms with van der Waals surface area (Å²) in [5, 5.41) is 18.7. The number of ether oxygens (including phenoxy) is 1. The summed E-state index contributed by atoms with van der Waals surface area (Å²) in [6.07, 6.45) is -0.901. The molecule has 0 spiro atoms. The standard InChI is InChI=1S/C9H12BrN3O4/c10-6-7(15)4(3-14)17-8(6)13-2-1-5(11)12-9(13)16/h1-2,4,6-8,14-15H,3H2,(H2,11,12,16)/t4-,6?,7+,8-/m1/s1. The van der Waals surface area contributed by atoms with Crippen molar-refractivity contribution in [3.8, 4) is 0 Å². The zero-order chi connectivity index (χ0) is 12.6. The van der Waals surface area contributed by atoms with Crippen LogP contribution in [0.25, 0.3) is 0 Å². The van der Waals surface area contributed by atoms with Crippen molar-refractivity contribution >= 4 is 21.7 Å². The van der Waals surface area contributed by atoms with Crippen LogP contribution < -0.4 is 11.4 Å². The Kier molecular flexibility index (Phi) is 3.48. The molecule has 4 N–H and O–H groups in total. The smallest absolute Gasteiger partial charge is 0.351 e. The molecule has 17 heavy (non-hydrogen) atoms. The second-order valence-electron chi connectivity index (χ2n) is 3.72. The van der Waals surface area contributed by atoms with Gasteiger partial charge in [0.1, 0.15) is 11.9 Å².